The summed E-state index contributed by atoms with van der Waals surface area (Å²) in [4.78, 5) is 36.3. The highest BCUT2D eigenvalue weighted by molar-refractivity contribution is 6.02. The zero-order chi connectivity index (χ0) is 17.9. The maximum absolute atomic E-state index is 12.5. The Morgan fingerprint density at radius 2 is 2.04 bits per heavy atom. The normalized spacial score (nSPS) is 10.4. The second-order valence-corrected chi connectivity index (χ2v) is 4.87. The van der Waals surface area contributed by atoms with Crippen molar-refractivity contribution >= 4 is 22.8 Å². The third-order valence-electron chi connectivity index (χ3n) is 3.45. The van der Waals surface area contributed by atoms with Crippen molar-refractivity contribution in [3.05, 3.63) is 52.3 Å². The van der Waals surface area contributed by atoms with Crippen LogP contribution in [0.25, 0.3) is 10.9 Å². The molecule has 0 saturated heterocycles. The number of benzene rings is 1. The number of pyridine rings is 1. The summed E-state index contributed by atoms with van der Waals surface area (Å²) in [6.07, 6.45) is 1.49. The molecule has 1 aromatic carbocycles. The van der Waals surface area contributed by atoms with Crippen molar-refractivity contribution in [1.29, 1.82) is 0 Å². The number of carbonyl (C=O) groups excluding carboxylic acids is 2. The zero-order valence-electron chi connectivity index (χ0n) is 13.4. The smallest absolute Gasteiger partial charge is 0.347 e. The number of aromatic hydroxyl groups is 1. The fourth-order valence-electron chi connectivity index (χ4n) is 2.38. The molecule has 0 unspecified atom stereocenters. The van der Waals surface area contributed by atoms with Gasteiger partial charge in [-0.15, -0.1) is 6.58 Å². The lowest BCUT2D eigenvalue weighted by Crippen LogP contribution is -2.27. The number of carbonyl (C=O) groups is 2. The molecule has 1 heterocycles. The number of ether oxygens (including phenoxy) is 2. The molecule has 126 valence electrons. The van der Waals surface area contributed by atoms with Crippen molar-refractivity contribution in [2.45, 2.75) is 13.5 Å². The third-order valence-corrected chi connectivity index (χ3v) is 3.45. The summed E-state index contributed by atoms with van der Waals surface area (Å²) in [6, 6.07) is 4.33. The molecule has 7 heteroatoms. The van der Waals surface area contributed by atoms with E-state index in [0.717, 1.165) is 0 Å². The lowest BCUT2D eigenvalue weighted by molar-refractivity contribution is 0.0519. The molecule has 0 saturated carbocycles. The van der Waals surface area contributed by atoms with Gasteiger partial charge < -0.3 is 19.1 Å². The Balaban J connectivity index is 2.87. The molecule has 1 aromatic heterocycles. The van der Waals surface area contributed by atoms with Crippen molar-refractivity contribution in [2.75, 3.05) is 13.7 Å². The highest BCUT2D eigenvalue weighted by Gasteiger charge is 2.23. The van der Waals surface area contributed by atoms with Crippen LogP contribution in [0.4, 0.5) is 0 Å². The average molecular weight is 331 g/mol. The van der Waals surface area contributed by atoms with Gasteiger partial charge in [-0.1, -0.05) is 6.08 Å². The van der Waals surface area contributed by atoms with Crippen molar-refractivity contribution in [1.82, 2.24) is 4.57 Å². The van der Waals surface area contributed by atoms with Gasteiger partial charge in [-0.25, -0.2) is 9.59 Å². The molecule has 7 nitrogen and oxygen atoms in total. The minimum absolute atomic E-state index is 0.0550. The molecule has 2 aromatic rings. The second kappa shape index (κ2) is 6.99. The van der Waals surface area contributed by atoms with E-state index in [0.29, 0.717) is 5.52 Å². The van der Waals surface area contributed by atoms with Gasteiger partial charge in [0.1, 0.15) is 5.75 Å². The fourth-order valence-corrected chi connectivity index (χ4v) is 2.38. The SMILES string of the molecule is C=CCn1c(=O)c(C(=O)OCC)c(O)c2cc(C(=O)OC)ccc21. The molecule has 2 rings (SSSR count). The zero-order valence-corrected chi connectivity index (χ0v) is 13.4. The van der Waals surface area contributed by atoms with Crippen molar-refractivity contribution < 1.29 is 24.2 Å². The van der Waals surface area contributed by atoms with Crippen LogP contribution < -0.4 is 5.56 Å². The first-order chi connectivity index (χ1) is 11.5. The van der Waals surface area contributed by atoms with Crippen LogP contribution in [-0.2, 0) is 16.0 Å². The number of esters is 2. The Kier molecular flexibility index (Phi) is 5.03. The topological polar surface area (TPSA) is 94.8 Å². The molecule has 0 atom stereocenters. The van der Waals surface area contributed by atoms with Crippen LogP contribution in [0.2, 0.25) is 0 Å². The minimum Gasteiger partial charge on any atom is -0.506 e. The molecule has 24 heavy (non-hydrogen) atoms. The van der Waals surface area contributed by atoms with Crippen LogP contribution in [0.3, 0.4) is 0 Å². The van der Waals surface area contributed by atoms with Gasteiger partial charge in [-0.05, 0) is 25.1 Å². The number of rotatable bonds is 5. The Labute approximate surface area is 137 Å². The van der Waals surface area contributed by atoms with Crippen molar-refractivity contribution in [2.24, 2.45) is 0 Å². The summed E-state index contributed by atoms with van der Waals surface area (Å²) in [6.45, 7) is 5.35. The Morgan fingerprint density at radius 3 is 2.62 bits per heavy atom. The summed E-state index contributed by atoms with van der Waals surface area (Å²) in [5.41, 5.74) is -0.630. The summed E-state index contributed by atoms with van der Waals surface area (Å²) in [5.74, 6) is -2.06. The van der Waals surface area contributed by atoms with E-state index in [2.05, 4.69) is 11.3 Å². The molecular formula is C17H17NO6. The van der Waals surface area contributed by atoms with Crippen LogP contribution in [0.15, 0.2) is 35.6 Å². The first kappa shape index (κ1) is 17.3. The molecule has 0 fully saturated rings. The lowest BCUT2D eigenvalue weighted by atomic mass is 10.1. The van der Waals surface area contributed by atoms with Gasteiger partial charge >= 0.3 is 11.9 Å². The summed E-state index contributed by atoms with van der Waals surface area (Å²) in [7, 11) is 1.23. The van der Waals surface area contributed by atoms with Crippen LogP contribution in [0, 0.1) is 0 Å². The Bertz CT molecular complexity index is 881. The monoisotopic (exact) mass is 331 g/mol. The van der Waals surface area contributed by atoms with Gasteiger partial charge in [0.05, 0.1) is 24.8 Å². The quantitative estimate of drug-likeness (QED) is 0.664. The van der Waals surface area contributed by atoms with Gasteiger partial charge in [-0.3, -0.25) is 4.79 Å². The molecule has 0 aliphatic carbocycles. The van der Waals surface area contributed by atoms with Crippen LogP contribution >= 0.6 is 0 Å². The van der Waals surface area contributed by atoms with Crippen LogP contribution in [-0.4, -0.2) is 35.3 Å². The number of allylic oxidation sites excluding steroid dienone is 1. The first-order valence-corrected chi connectivity index (χ1v) is 7.22. The van der Waals surface area contributed by atoms with E-state index in [-0.39, 0.29) is 24.1 Å². The van der Waals surface area contributed by atoms with Gasteiger partial charge in [0.25, 0.3) is 5.56 Å². The third kappa shape index (κ3) is 2.88. The van der Waals surface area contributed by atoms with Gasteiger partial charge in [0.15, 0.2) is 5.56 Å². The van der Waals surface area contributed by atoms with Crippen molar-refractivity contribution in [3.8, 4) is 5.75 Å². The standard InChI is InChI=1S/C17H17NO6/c1-4-8-18-12-7-6-10(16(21)23-3)9-11(12)14(19)13(15(18)20)17(22)24-5-2/h4,6-7,9,19H,1,5,8H2,2-3H3. The van der Waals surface area contributed by atoms with Crippen LogP contribution in [0.5, 0.6) is 5.75 Å². The molecule has 0 radical (unpaired) electrons. The van der Waals surface area contributed by atoms with Crippen molar-refractivity contribution in [3.63, 3.8) is 0 Å². The van der Waals surface area contributed by atoms with Crippen LogP contribution in [0.1, 0.15) is 27.6 Å². The second-order valence-electron chi connectivity index (χ2n) is 4.87. The number of hydrogen-bond donors (Lipinski definition) is 1. The van der Waals surface area contributed by atoms with E-state index in [1.165, 1.54) is 36.0 Å². The maximum Gasteiger partial charge on any atom is 0.347 e. The van der Waals surface area contributed by atoms with E-state index in [1.54, 1.807) is 6.92 Å². The molecule has 0 bridgehead atoms. The van der Waals surface area contributed by atoms with E-state index < -0.39 is 28.8 Å². The highest BCUT2D eigenvalue weighted by atomic mass is 16.5. The maximum atomic E-state index is 12.5. The predicted molar refractivity (Wildman–Crippen MR) is 87.4 cm³/mol. The first-order valence-electron chi connectivity index (χ1n) is 7.22. The number of methoxy groups -OCH3 is 1. The predicted octanol–water partition coefficient (Wildman–Crippen LogP) is 1.86. The number of aromatic nitrogens is 1. The number of hydrogen-bond acceptors (Lipinski definition) is 6. The Morgan fingerprint density at radius 1 is 1.33 bits per heavy atom. The van der Waals surface area contributed by atoms with E-state index in [4.69, 9.17) is 4.74 Å². The van der Waals surface area contributed by atoms with Gasteiger partial charge in [0.2, 0.25) is 0 Å². The van der Waals surface area contributed by atoms with Gasteiger partial charge in [-0.2, -0.15) is 0 Å². The highest BCUT2D eigenvalue weighted by Crippen LogP contribution is 2.28. The number of nitrogens with zero attached hydrogens (tertiary/aromatic N) is 1. The number of fused-ring (bicyclic) bond motifs is 1. The molecular weight excluding hydrogens is 314 g/mol. The minimum atomic E-state index is -0.928. The molecule has 0 amide bonds. The van der Waals surface area contributed by atoms with Gasteiger partial charge in [0, 0.05) is 11.9 Å². The molecule has 0 spiro atoms. The largest absolute Gasteiger partial charge is 0.506 e. The molecule has 0 aliphatic heterocycles. The van der Waals surface area contributed by atoms with E-state index in [9.17, 15) is 19.5 Å². The summed E-state index contributed by atoms with van der Waals surface area (Å²) < 4.78 is 10.8. The molecule has 1 N–H and O–H groups in total. The Hall–Kier alpha value is -3.09. The summed E-state index contributed by atoms with van der Waals surface area (Å²) in [5, 5.41) is 10.6. The lowest BCUT2D eigenvalue weighted by Gasteiger charge is -2.14. The summed E-state index contributed by atoms with van der Waals surface area (Å²) >= 11 is 0. The fraction of sp³-hybridized carbons (Fsp3) is 0.235. The molecule has 0 aliphatic rings. The average Bonchev–Trinajstić information content (AvgIpc) is 2.58. The van der Waals surface area contributed by atoms with E-state index >= 15 is 0 Å². The van der Waals surface area contributed by atoms with E-state index in [1.807, 2.05) is 0 Å².